The molecule has 1 atom stereocenters. The summed E-state index contributed by atoms with van der Waals surface area (Å²) in [5.74, 6) is 0.306. The van der Waals surface area contributed by atoms with E-state index >= 15 is 0 Å². The summed E-state index contributed by atoms with van der Waals surface area (Å²) in [5.41, 5.74) is 0.414. The average Bonchev–Trinajstić information content (AvgIpc) is 2.96. The van der Waals surface area contributed by atoms with Gasteiger partial charge in [-0.15, -0.1) is 11.3 Å². The van der Waals surface area contributed by atoms with E-state index in [0.29, 0.717) is 11.5 Å². The highest BCUT2D eigenvalue weighted by molar-refractivity contribution is 8.15. The Balaban J connectivity index is 2.23. The first-order valence-corrected chi connectivity index (χ1v) is 9.34. The Hall–Kier alpha value is -0.590. The van der Waals surface area contributed by atoms with Crippen LogP contribution in [0.4, 0.5) is 0 Å². The van der Waals surface area contributed by atoms with Gasteiger partial charge in [0.1, 0.15) is 4.21 Å². The van der Waals surface area contributed by atoms with Crippen LogP contribution in [0, 0.1) is 5.92 Å². The third kappa shape index (κ3) is 3.12. The van der Waals surface area contributed by atoms with E-state index in [0.717, 1.165) is 30.7 Å². The quantitative estimate of drug-likeness (QED) is 0.804. The minimum absolute atomic E-state index is 0.0258. The van der Waals surface area contributed by atoms with Gasteiger partial charge in [-0.2, -0.15) is 0 Å². The molecular formula is C12H16ClNO3S2. The second-order valence-corrected chi connectivity index (χ2v) is 8.75. The number of halogens is 1. The molecule has 0 spiro atoms. The molecule has 1 saturated heterocycles. The van der Waals surface area contributed by atoms with Crippen LogP contribution in [-0.2, 0) is 9.05 Å². The zero-order valence-electron chi connectivity index (χ0n) is 10.8. The van der Waals surface area contributed by atoms with E-state index in [1.807, 2.05) is 4.90 Å². The predicted molar refractivity (Wildman–Crippen MR) is 76.3 cm³/mol. The van der Waals surface area contributed by atoms with Crippen LogP contribution in [0.1, 0.15) is 37.0 Å². The summed E-state index contributed by atoms with van der Waals surface area (Å²) in [6.45, 7) is 4.93. The van der Waals surface area contributed by atoms with E-state index < -0.39 is 9.05 Å². The molecule has 0 radical (unpaired) electrons. The van der Waals surface area contributed by atoms with Gasteiger partial charge in [-0.3, -0.25) is 4.79 Å². The molecule has 0 N–H and O–H groups in total. The molecule has 1 aromatic rings. The number of nitrogens with zero attached hydrogens (tertiary/aromatic N) is 1. The van der Waals surface area contributed by atoms with Gasteiger partial charge in [0.15, 0.2) is 0 Å². The number of carbonyl (C=O) groups is 1. The Morgan fingerprint density at radius 1 is 1.53 bits per heavy atom. The molecule has 0 aliphatic carbocycles. The third-order valence-electron chi connectivity index (χ3n) is 3.39. The summed E-state index contributed by atoms with van der Waals surface area (Å²) in [6.07, 6.45) is 2.01. The van der Waals surface area contributed by atoms with Gasteiger partial charge < -0.3 is 4.90 Å². The SMILES string of the molecule is CC(C)C1CCCN1C(=O)c1csc(S(=O)(=O)Cl)c1. The molecule has 2 rings (SSSR count). The molecule has 1 aromatic heterocycles. The first kappa shape index (κ1) is 14.8. The van der Waals surface area contributed by atoms with Crippen molar-refractivity contribution in [3.8, 4) is 0 Å². The van der Waals surface area contributed by atoms with Crippen LogP contribution >= 0.6 is 22.0 Å². The number of carbonyl (C=O) groups excluding carboxylic acids is 1. The molecular weight excluding hydrogens is 306 g/mol. The van der Waals surface area contributed by atoms with Crippen molar-refractivity contribution in [1.29, 1.82) is 0 Å². The maximum Gasteiger partial charge on any atom is 0.270 e. The smallest absolute Gasteiger partial charge is 0.270 e. The van der Waals surface area contributed by atoms with Gasteiger partial charge in [0, 0.05) is 28.6 Å². The van der Waals surface area contributed by atoms with Gasteiger partial charge in [0.05, 0.1) is 5.56 Å². The first-order valence-electron chi connectivity index (χ1n) is 6.15. The average molecular weight is 322 g/mol. The summed E-state index contributed by atoms with van der Waals surface area (Å²) in [6, 6.07) is 1.61. The summed E-state index contributed by atoms with van der Waals surface area (Å²) < 4.78 is 22.5. The Morgan fingerprint density at radius 2 is 2.21 bits per heavy atom. The van der Waals surface area contributed by atoms with Crippen LogP contribution in [0.25, 0.3) is 0 Å². The molecule has 1 aliphatic rings. The molecule has 0 bridgehead atoms. The van der Waals surface area contributed by atoms with Gasteiger partial charge in [0.2, 0.25) is 0 Å². The van der Waals surface area contributed by atoms with Crippen molar-refractivity contribution in [3.05, 3.63) is 17.0 Å². The maximum atomic E-state index is 12.4. The fourth-order valence-electron chi connectivity index (χ4n) is 2.46. The van der Waals surface area contributed by atoms with Crippen molar-refractivity contribution in [2.45, 2.75) is 36.9 Å². The van der Waals surface area contributed by atoms with E-state index in [1.165, 1.54) is 6.07 Å². The van der Waals surface area contributed by atoms with E-state index in [2.05, 4.69) is 13.8 Å². The molecule has 2 heterocycles. The standard InChI is InChI=1S/C12H16ClNO3S2/c1-8(2)10-4-3-5-14(10)12(15)9-6-11(18-7-9)19(13,16)17/h6-8,10H,3-5H2,1-2H3. The maximum absolute atomic E-state index is 12.4. The van der Waals surface area contributed by atoms with Gasteiger partial charge in [-0.1, -0.05) is 13.8 Å². The second-order valence-electron chi connectivity index (χ2n) is 5.04. The lowest BCUT2D eigenvalue weighted by Gasteiger charge is -2.27. The Bertz CT molecular complexity index is 580. The molecule has 0 saturated carbocycles. The molecule has 1 fully saturated rings. The summed E-state index contributed by atoms with van der Waals surface area (Å²) >= 11 is 0.986. The van der Waals surface area contributed by atoms with Crippen molar-refractivity contribution in [2.75, 3.05) is 6.54 Å². The van der Waals surface area contributed by atoms with Crippen molar-refractivity contribution < 1.29 is 13.2 Å². The van der Waals surface area contributed by atoms with Gasteiger partial charge in [-0.25, -0.2) is 8.42 Å². The third-order valence-corrected chi connectivity index (χ3v) is 6.43. The normalized spacial score (nSPS) is 20.2. The lowest BCUT2D eigenvalue weighted by Crippen LogP contribution is -2.38. The van der Waals surface area contributed by atoms with Gasteiger partial charge in [0.25, 0.3) is 15.0 Å². The highest BCUT2D eigenvalue weighted by Crippen LogP contribution is 2.29. The Morgan fingerprint density at radius 3 is 2.74 bits per heavy atom. The lowest BCUT2D eigenvalue weighted by molar-refractivity contribution is 0.0702. The topological polar surface area (TPSA) is 54.5 Å². The van der Waals surface area contributed by atoms with Crippen LogP contribution in [0.5, 0.6) is 0 Å². The first-order chi connectivity index (χ1) is 8.80. The number of thiophene rings is 1. The van der Waals surface area contributed by atoms with E-state index in [-0.39, 0.29) is 16.2 Å². The van der Waals surface area contributed by atoms with Crippen LogP contribution in [0.15, 0.2) is 15.7 Å². The summed E-state index contributed by atoms with van der Waals surface area (Å²) in [4.78, 5) is 14.2. The molecule has 4 nitrogen and oxygen atoms in total. The van der Waals surface area contributed by atoms with Crippen molar-refractivity contribution in [3.63, 3.8) is 0 Å². The van der Waals surface area contributed by atoms with Crippen LogP contribution in [-0.4, -0.2) is 31.8 Å². The summed E-state index contributed by atoms with van der Waals surface area (Å²) in [5, 5.41) is 1.56. The van der Waals surface area contributed by atoms with Crippen LogP contribution in [0.2, 0.25) is 0 Å². The monoisotopic (exact) mass is 321 g/mol. The zero-order chi connectivity index (χ0) is 14.2. The molecule has 19 heavy (non-hydrogen) atoms. The van der Waals surface area contributed by atoms with Crippen molar-refractivity contribution in [2.24, 2.45) is 5.92 Å². The lowest BCUT2D eigenvalue weighted by atomic mass is 10.0. The predicted octanol–water partition coefficient (Wildman–Crippen LogP) is 2.94. The van der Waals surface area contributed by atoms with E-state index in [1.54, 1.807) is 5.38 Å². The molecule has 7 heteroatoms. The molecule has 106 valence electrons. The van der Waals surface area contributed by atoms with E-state index in [4.69, 9.17) is 10.7 Å². The highest BCUT2D eigenvalue weighted by Gasteiger charge is 2.32. The minimum atomic E-state index is -3.75. The zero-order valence-corrected chi connectivity index (χ0v) is 13.2. The Kier molecular flexibility index (Phi) is 4.23. The largest absolute Gasteiger partial charge is 0.335 e. The Labute approximate surface area is 121 Å². The number of likely N-dealkylation sites (tertiary alicyclic amines) is 1. The number of hydrogen-bond acceptors (Lipinski definition) is 4. The van der Waals surface area contributed by atoms with Crippen LogP contribution in [0.3, 0.4) is 0 Å². The van der Waals surface area contributed by atoms with E-state index in [9.17, 15) is 13.2 Å². The van der Waals surface area contributed by atoms with Crippen molar-refractivity contribution >= 4 is 37.0 Å². The molecule has 1 unspecified atom stereocenters. The van der Waals surface area contributed by atoms with Crippen molar-refractivity contribution in [1.82, 2.24) is 4.90 Å². The van der Waals surface area contributed by atoms with Crippen LogP contribution < -0.4 is 0 Å². The number of amides is 1. The molecule has 0 aromatic carbocycles. The number of rotatable bonds is 3. The van der Waals surface area contributed by atoms with Gasteiger partial charge in [-0.05, 0) is 24.8 Å². The second kappa shape index (κ2) is 5.42. The van der Waals surface area contributed by atoms with Gasteiger partial charge >= 0.3 is 0 Å². The molecule has 1 amide bonds. The molecule has 1 aliphatic heterocycles. The summed E-state index contributed by atoms with van der Waals surface area (Å²) in [7, 11) is 1.52. The number of hydrogen-bond donors (Lipinski definition) is 0. The minimum Gasteiger partial charge on any atom is -0.335 e. The fraction of sp³-hybridized carbons (Fsp3) is 0.583. The highest BCUT2D eigenvalue weighted by atomic mass is 35.7. The fourth-order valence-corrected chi connectivity index (χ4v) is 4.40.